The lowest BCUT2D eigenvalue weighted by molar-refractivity contribution is 0.399. The quantitative estimate of drug-likeness (QED) is 0.915. The van der Waals surface area contributed by atoms with Crippen LogP contribution in [-0.2, 0) is 10.0 Å². The van der Waals surface area contributed by atoms with Gasteiger partial charge in [0.1, 0.15) is 4.90 Å². The fourth-order valence-electron chi connectivity index (χ4n) is 1.31. The third-order valence-corrected chi connectivity index (χ3v) is 4.33. The largest absolute Gasteiger partial charge is 0.494 e. The normalized spacial score (nSPS) is 11.9. The zero-order valence-corrected chi connectivity index (χ0v) is 12.8. The van der Waals surface area contributed by atoms with Crippen molar-refractivity contribution in [3.8, 4) is 5.75 Å². The van der Waals surface area contributed by atoms with Crippen LogP contribution < -0.4 is 9.46 Å². The minimum absolute atomic E-state index is 0.0214. The van der Waals surface area contributed by atoms with Gasteiger partial charge < -0.3 is 4.74 Å². The molecule has 96 valence electrons. The SMILES string of the molecule is COc1c(Br)cc(Cl)cc1S(=O)(=O)NC(C)C. The Labute approximate surface area is 114 Å². The number of nitrogens with one attached hydrogen (secondary N) is 1. The van der Waals surface area contributed by atoms with Crippen molar-refractivity contribution in [1.29, 1.82) is 0 Å². The molecule has 0 amide bonds. The van der Waals surface area contributed by atoms with Gasteiger partial charge in [-0.25, -0.2) is 13.1 Å². The van der Waals surface area contributed by atoms with Gasteiger partial charge in [0.05, 0.1) is 11.6 Å². The van der Waals surface area contributed by atoms with Crippen molar-refractivity contribution >= 4 is 37.6 Å². The number of rotatable bonds is 4. The van der Waals surface area contributed by atoms with Gasteiger partial charge in [-0.2, -0.15) is 0 Å². The summed E-state index contributed by atoms with van der Waals surface area (Å²) < 4.78 is 32.2. The highest BCUT2D eigenvalue weighted by Crippen LogP contribution is 2.35. The van der Waals surface area contributed by atoms with Crippen LogP contribution in [0.4, 0.5) is 0 Å². The summed E-state index contributed by atoms with van der Waals surface area (Å²) in [6.07, 6.45) is 0. The van der Waals surface area contributed by atoms with Crippen LogP contribution in [0.3, 0.4) is 0 Å². The molecule has 0 spiro atoms. The number of hydrogen-bond acceptors (Lipinski definition) is 3. The maximum Gasteiger partial charge on any atom is 0.244 e. The van der Waals surface area contributed by atoms with Crippen LogP contribution >= 0.6 is 27.5 Å². The minimum Gasteiger partial charge on any atom is -0.494 e. The van der Waals surface area contributed by atoms with Gasteiger partial charge in [-0.1, -0.05) is 11.6 Å². The summed E-state index contributed by atoms with van der Waals surface area (Å²) in [5, 5.41) is 0.321. The highest BCUT2D eigenvalue weighted by Gasteiger charge is 2.23. The van der Waals surface area contributed by atoms with Gasteiger partial charge in [0.25, 0.3) is 0 Å². The number of ether oxygens (including phenoxy) is 1. The highest BCUT2D eigenvalue weighted by molar-refractivity contribution is 9.10. The standard InChI is InChI=1S/C10H13BrClNO3S/c1-6(2)13-17(14,15)9-5-7(12)4-8(11)10(9)16-3/h4-6,13H,1-3H3. The first-order valence-electron chi connectivity index (χ1n) is 4.83. The second kappa shape index (κ2) is 5.56. The predicted octanol–water partition coefficient (Wildman–Crippen LogP) is 2.80. The van der Waals surface area contributed by atoms with E-state index >= 15 is 0 Å². The first kappa shape index (κ1) is 14.8. The lowest BCUT2D eigenvalue weighted by Gasteiger charge is -2.14. The van der Waals surface area contributed by atoms with E-state index in [0.717, 1.165) is 0 Å². The molecule has 0 aliphatic heterocycles. The lowest BCUT2D eigenvalue weighted by atomic mass is 10.3. The summed E-state index contributed by atoms with van der Waals surface area (Å²) in [6.45, 7) is 3.48. The fourth-order valence-corrected chi connectivity index (χ4v) is 3.94. The first-order chi connectivity index (χ1) is 7.77. The van der Waals surface area contributed by atoms with Gasteiger partial charge in [0, 0.05) is 11.1 Å². The Kier molecular flexibility index (Phi) is 4.83. The summed E-state index contributed by atoms with van der Waals surface area (Å²) in [6, 6.07) is 2.73. The number of halogens is 2. The average Bonchev–Trinajstić information content (AvgIpc) is 2.14. The molecule has 0 heterocycles. The van der Waals surface area contributed by atoms with Gasteiger partial charge in [0.15, 0.2) is 5.75 Å². The van der Waals surface area contributed by atoms with Crippen LogP contribution in [-0.4, -0.2) is 21.6 Å². The van der Waals surface area contributed by atoms with Crippen LogP contribution in [0.25, 0.3) is 0 Å². The van der Waals surface area contributed by atoms with Gasteiger partial charge >= 0.3 is 0 Å². The van der Waals surface area contributed by atoms with Crippen molar-refractivity contribution in [2.75, 3.05) is 7.11 Å². The van der Waals surface area contributed by atoms with Gasteiger partial charge in [-0.3, -0.25) is 0 Å². The maximum atomic E-state index is 12.1. The fraction of sp³-hybridized carbons (Fsp3) is 0.400. The Hall–Kier alpha value is -0.300. The summed E-state index contributed by atoms with van der Waals surface area (Å²) in [7, 11) is -2.23. The molecular weight excluding hydrogens is 330 g/mol. The topological polar surface area (TPSA) is 55.4 Å². The van der Waals surface area contributed by atoms with E-state index in [1.165, 1.54) is 13.2 Å². The number of methoxy groups -OCH3 is 1. The van der Waals surface area contributed by atoms with E-state index in [1.54, 1.807) is 19.9 Å². The van der Waals surface area contributed by atoms with Gasteiger partial charge in [-0.15, -0.1) is 0 Å². The molecule has 0 aliphatic carbocycles. The second-order valence-electron chi connectivity index (χ2n) is 3.69. The molecule has 1 N–H and O–H groups in total. The van der Waals surface area contributed by atoms with Gasteiger partial charge in [0.2, 0.25) is 10.0 Å². The van der Waals surface area contributed by atoms with Crippen LogP contribution in [0.15, 0.2) is 21.5 Å². The third kappa shape index (κ3) is 3.58. The van der Waals surface area contributed by atoms with Gasteiger partial charge in [-0.05, 0) is 41.9 Å². The molecule has 0 unspecified atom stereocenters. The predicted molar refractivity (Wildman–Crippen MR) is 71.2 cm³/mol. The van der Waals surface area contributed by atoms with E-state index in [4.69, 9.17) is 16.3 Å². The van der Waals surface area contributed by atoms with Crippen LogP contribution in [0.2, 0.25) is 5.02 Å². The Morgan fingerprint density at radius 3 is 2.47 bits per heavy atom. The molecule has 0 aliphatic rings. The molecule has 0 aromatic heterocycles. The molecule has 17 heavy (non-hydrogen) atoms. The Morgan fingerprint density at radius 2 is 2.00 bits per heavy atom. The average molecular weight is 343 g/mol. The second-order valence-corrected chi connectivity index (χ2v) is 6.67. The minimum atomic E-state index is -3.64. The van der Waals surface area contributed by atoms with Crippen molar-refractivity contribution in [3.63, 3.8) is 0 Å². The Bertz CT molecular complexity index is 517. The van der Waals surface area contributed by atoms with E-state index in [-0.39, 0.29) is 16.7 Å². The van der Waals surface area contributed by atoms with Crippen molar-refractivity contribution in [3.05, 3.63) is 21.6 Å². The molecular formula is C10H13BrClNO3S. The van der Waals surface area contributed by atoms with Crippen molar-refractivity contribution in [2.24, 2.45) is 0 Å². The van der Waals surface area contributed by atoms with E-state index in [2.05, 4.69) is 20.7 Å². The lowest BCUT2D eigenvalue weighted by Crippen LogP contribution is -2.30. The maximum absolute atomic E-state index is 12.1. The zero-order chi connectivity index (χ0) is 13.2. The Morgan fingerprint density at radius 1 is 1.41 bits per heavy atom. The molecule has 0 fully saturated rings. The van der Waals surface area contributed by atoms with Crippen molar-refractivity contribution < 1.29 is 13.2 Å². The third-order valence-electron chi connectivity index (χ3n) is 1.86. The molecule has 0 saturated heterocycles. The van der Waals surface area contributed by atoms with Crippen LogP contribution in [0, 0.1) is 0 Å². The molecule has 4 nitrogen and oxygen atoms in total. The zero-order valence-electron chi connectivity index (χ0n) is 9.62. The van der Waals surface area contributed by atoms with Crippen molar-refractivity contribution in [1.82, 2.24) is 4.72 Å². The molecule has 0 radical (unpaired) electrons. The number of hydrogen-bond donors (Lipinski definition) is 1. The first-order valence-corrected chi connectivity index (χ1v) is 7.48. The molecule has 1 aromatic rings. The van der Waals surface area contributed by atoms with Crippen LogP contribution in [0.1, 0.15) is 13.8 Å². The van der Waals surface area contributed by atoms with E-state index in [0.29, 0.717) is 9.50 Å². The monoisotopic (exact) mass is 341 g/mol. The molecule has 7 heteroatoms. The smallest absolute Gasteiger partial charge is 0.244 e. The number of benzene rings is 1. The Balaban J connectivity index is 3.39. The summed E-state index contributed by atoms with van der Waals surface area (Å²) in [4.78, 5) is 0.0214. The summed E-state index contributed by atoms with van der Waals surface area (Å²) >= 11 is 9.06. The number of sulfonamides is 1. The summed E-state index contributed by atoms with van der Waals surface area (Å²) in [5.41, 5.74) is 0. The van der Waals surface area contributed by atoms with E-state index in [9.17, 15) is 8.42 Å². The molecule has 0 atom stereocenters. The van der Waals surface area contributed by atoms with E-state index < -0.39 is 10.0 Å². The molecule has 1 aromatic carbocycles. The highest BCUT2D eigenvalue weighted by atomic mass is 79.9. The molecule has 0 saturated carbocycles. The molecule has 0 bridgehead atoms. The molecule has 1 rings (SSSR count). The van der Waals surface area contributed by atoms with Crippen LogP contribution in [0.5, 0.6) is 5.75 Å². The van der Waals surface area contributed by atoms with Crippen molar-refractivity contribution in [2.45, 2.75) is 24.8 Å². The summed E-state index contributed by atoms with van der Waals surface area (Å²) in [5.74, 6) is 0.238. The van der Waals surface area contributed by atoms with E-state index in [1.807, 2.05) is 0 Å².